The first-order valence-corrected chi connectivity index (χ1v) is 4.60. The Morgan fingerprint density at radius 3 is 2.92 bits per heavy atom. The Bertz CT molecular complexity index is 384. The van der Waals surface area contributed by atoms with Crippen LogP contribution in [0.5, 0.6) is 0 Å². The SMILES string of the molecule is Nc1nsc(Cc2ccccn2)n1. The molecule has 2 N–H and O–H groups in total. The lowest BCUT2D eigenvalue weighted by atomic mass is 10.3. The average Bonchev–Trinajstić information content (AvgIpc) is 2.53. The van der Waals surface area contributed by atoms with E-state index in [-0.39, 0.29) is 0 Å². The van der Waals surface area contributed by atoms with Crippen LogP contribution in [0.4, 0.5) is 5.95 Å². The van der Waals surface area contributed by atoms with E-state index in [1.54, 1.807) is 6.20 Å². The first-order chi connectivity index (χ1) is 6.34. The highest BCUT2D eigenvalue weighted by atomic mass is 32.1. The molecule has 0 saturated carbocycles. The van der Waals surface area contributed by atoms with Crippen molar-refractivity contribution in [1.29, 1.82) is 0 Å². The number of hydrogen-bond acceptors (Lipinski definition) is 5. The fourth-order valence-corrected chi connectivity index (χ4v) is 1.58. The molecule has 2 rings (SSSR count). The molecule has 0 radical (unpaired) electrons. The number of nitrogens with two attached hydrogens (primary N) is 1. The van der Waals surface area contributed by atoms with E-state index in [0.29, 0.717) is 12.4 Å². The molecular formula is C8H8N4S. The Kier molecular flexibility index (Phi) is 2.18. The van der Waals surface area contributed by atoms with E-state index in [2.05, 4.69) is 14.3 Å². The van der Waals surface area contributed by atoms with Crippen molar-refractivity contribution in [3.8, 4) is 0 Å². The van der Waals surface area contributed by atoms with Crippen molar-refractivity contribution in [2.75, 3.05) is 5.73 Å². The van der Waals surface area contributed by atoms with Gasteiger partial charge < -0.3 is 5.73 Å². The Balaban J connectivity index is 2.15. The standard InChI is InChI=1S/C8H8N4S/c9-8-11-7(13-12-8)5-6-3-1-2-4-10-6/h1-4H,5H2,(H2,9,12). The topological polar surface area (TPSA) is 64.7 Å². The molecule has 0 atom stereocenters. The third-order valence-electron chi connectivity index (χ3n) is 1.54. The van der Waals surface area contributed by atoms with Crippen molar-refractivity contribution in [3.05, 3.63) is 35.1 Å². The number of hydrogen-bond donors (Lipinski definition) is 1. The lowest BCUT2D eigenvalue weighted by Crippen LogP contribution is -1.91. The predicted octanol–water partition coefficient (Wildman–Crippen LogP) is 1.11. The Morgan fingerprint density at radius 1 is 1.38 bits per heavy atom. The van der Waals surface area contributed by atoms with Crippen molar-refractivity contribution in [1.82, 2.24) is 14.3 Å². The third-order valence-corrected chi connectivity index (χ3v) is 2.27. The fraction of sp³-hybridized carbons (Fsp3) is 0.125. The maximum atomic E-state index is 5.40. The van der Waals surface area contributed by atoms with Crippen LogP contribution in [-0.4, -0.2) is 14.3 Å². The van der Waals surface area contributed by atoms with Crippen molar-refractivity contribution >= 4 is 17.5 Å². The molecular weight excluding hydrogens is 184 g/mol. The molecule has 2 aromatic rings. The van der Waals surface area contributed by atoms with Crippen molar-refractivity contribution in [2.24, 2.45) is 0 Å². The summed E-state index contributed by atoms with van der Waals surface area (Å²) in [5.74, 6) is 0.343. The monoisotopic (exact) mass is 192 g/mol. The molecule has 0 aromatic carbocycles. The Hall–Kier alpha value is -1.49. The molecule has 2 aromatic heterocycles. The van der Waals surface area contributed by atoms with Crippen LogP contribution < -0.4 is 5.73 Å². The summed E-state index contributed by atoms with van der Waals surface area (Å²) >= 11 is 1.32. The van der Waals surface area contributed by atoms with Gasteiger partial charge >= 0.3 is 0 Å². The van der Waals surface area contributed by atoms with Crippen LogP contribution in [0.3, 0.4) is 0 Å². The van der Waals surface area contributed by atoms with Gasteiger partial charge in [-0.2, -0.15) is 4.37 Å². The predicted molar refractivity (Wildman–Crippen MR) is 51.4 cm³/mol. The van der Waals surface area contributed by atoms with Crippen LogP contribution in [0, 0.1) is 0 Å². The highest BCUT2D eigenvalue weighted by Crippen LogP contribution is 2.10. The van der Waals surface area contributed by atoms with E-state index in [1.807, 2.05) is 18.2 Å². The van der Waals surface area contributed by atoms with Gasteiger partial charge in [-0.3, -0.25) is 4.98 Å². The van der Waals surface area contributed by atoms with Crippen molar-refractivity contribution in [2.45, 2.75) is 6.42 Å². The quantitative estimate of drug-likeness (QED) is 0.774. The maximum absolute atomic E-state index is 5.40. The summed E-state index contributed by atoms with van der Waals surface area (Å²) in [6, 6.07) is 5.79. The van der Waals surface area contributed by atoms with Crippen LogP contribution in [0.15, 0.2) is 24.4 Å². The largest absolute Gasteiger partial charge is 0.367 e. The average molecular weight is 192 g/mol. The highest BCUT2D eigenvalue weighted by Gasteiger charge is 2.02. The lowest BCUT2D eigenvalue weighted by Gasteiger charge is -1.93. The summed E-state index contributed by atoms with van der Waals surface area (Å²) in [6.45, 7) is 0. The molecule has 5 heteroatoms. The summed E-state index contributed by atoms with van der Waals surface area (Å²) in [7, 11) is 0. The zero-order valence-electron chi connectivity index (χ0n) is 6.84. The van der Waals surface area contributed by atoms with Crippen LogP contribution >= 0.6 is 11.5 Å². The van der Waals surface area contributed by atoms with Gasteiger partial charge in [-0.15, -0.1) is 0 Å². The molecule has 66 valence electrons. The Morgan fingerprint density at radius 2 is 2.31 bits per heavy atom. The number of nitrogens with zero attached hydrogens (tertiary/aromatic N) is 3. The van der Waals surface area contributed by atoms with Gasteiger partial charge in [-0.05, 0) is 23.7 Å². The van der Waals surface area contributed by atoms with Gasteiger partial charge in [0.1, 0.15) is 5.01 Å². The van der Waals surface area contributed by atoms with Crippen LogP contribution in [0.25, 0.3) is 0 Å². The van der Waals surface area contributed by atoms with Crippen molar-refractivity contribution < 1.29 is 0 Å². The first kappa shape index (κ1) is 8.12. The minimum Gasteiger partial charge on any atom is -0.367 e. The van der Waals surface area contributed by atoms with E-state index in [9.17, 15) is 0 Å². The molecule has 0 unspecified atom stereocenters. The summed E-state index contributed by atoms with van der Waals surface area (Å²) in [5, 5.41) is 0.899. The lowest BCUT2D eigenvalue weighted by molar-refractivity contribution is 1.05. The van der Waals surface area contributed by atoms with Gasteiger partial charge in [0.2, 0.25) is 5.95 Å². The van der Waals surface area contributed by atoms with Crippen molar-refractivity contribution in [3.63, 3.8) is 0 Å². The van der Waals surface area contributed by atoms with Crippen LogP contribution in [-0.2, 0) is 6.42 Å². The normalized spacial score (nSPS) is 10.2. The number of aromatic nitrogens is 3. The van der Waals surface area contributed by atoms with Crippen LogP contribution in [0.2, 0.25) is 0 Å². The molecule has 0 aliphatic rings. The molecule has 13 heavy (non-hydrogen) atoms. The minimum atomic E-state index is 0.343. The molecule has 0 aliphatic carbocycles. The summed E-state index contributed by atoms with van der Waals surface area (Å²) in [6.07, 6.45) is 2.47. The van der Waals surface area contributed by atoms with E-state index >= 15 is 0 Å². The number of anilines is 1. The van der Waals surface area contributed by atoms with Gasteiger partial charge in [-0.25, -0.2) is 4.98 Å². The number of nitrogen functional groups attached to an aromatic ring is 1. The van der Waals surface area contributed by atoms with Gasteiger partial charge in [0, 0.05) is 18.3 Å². The van der Waals surface area contributed by atoms with E-state index < -0.39 is 0 Å². The molecule has 0 fully saturated rings. The second kappa shape index (κ2) is 3.49. The maximum Gasteiger partial charge on any atom is 0.232 e. The highest BCUT2D eigenvalue weighted by molar-refractivity contribution is 7.05. The zero-order valence-corrected chi connectivity index (χ0v) is 7.66. The van der Waals surface area contributed by atoms with Gasteiger partial charge in [0.05, 0.1) is 0 Å². The van der Waals surface area contributed by atoms with E-state index in [0.717, 1.165) is 10.7 Å². The van der Waals surface area contributed by atoms with E-state index in [1.165, 1.54) is 11.5 Å². The molecule has 0 amide bonds. The smallest absolute Gasteiger partial charge is 0.232 e. The van der Waals surface area contributed by atoms with Gasteiger partial charge in [0.25, 0.3) is 0 Å². The molecule has 0 spiro atoms. The van der Waals surface area contributed by atoms with Crippen LogP contribution in [0.1, 0.15) is 10.7 Å². The molecule has 0 aliphatic heterocycles. The van der Waals surface area contributed by atoms with Gasteiger partial charge in [0.15, 0.2) is 0 Å². The first-order valence-electron chi connectivity index (χ1n) is 3.82. The summed E-state index contributed by atoms with van der Waals surface area (Å²) < 4.78 is 3.89. The second-order valence-corrected chi connectivity index (χ2v) is 3.38. The van der Waals surface area contributed by atoms with Gasteiger partial charge in [-0.1, -0.05) is 6.07 Å². The fourth-order valence-electron chi connectivity index (χ4n) is 0.997. The second-order valence-electron chi connectivity index (χ2n) is 2.54. The molecule has 4 nitrogen and oxygen atoms in total. The molecule has 2 heterocycles. The minimum absolute atomic E-state index is 0.343. The molecule has 0 bridgehead atoms. The summed E-state index contributed by atoms with van der Waals surface area (Å²) in [4.78, 5) is 8.23. The third kappa shape index (κ3) is 2.00. The number of rotatable bonds is 2. The molecule has 0 saturated heterocycles. The summed E-state index contributed by atoms with van der Waals surface area (Å²) in [5.41, 5.74) is 6.38. The Labute approximate surface area is 79.6 Å². The van der Waals surface area contributed by atoms with E-state index in [4.69, 9.17) is 5.73 Å². The zero-order chi connectivity index (χ0) is 9.10. The number of pyridine rings is 1.